The van der Waals surface area contributed by atoms with Crippen LogP contribution in [0.3, 0.4) is 0 Å². The lowest BCUT2D eigenvalue weighted by molar-refractivity contribution is -0.137. The number of fused-ring (bicyclic) bond motifs is 1. The number of carbonyl (C=O) groups is 1. The Morgan fingerprint density at radius 1 is 1.21 bits per heavy atom. The lowest BCUT2D eigenvalue weighted by Gasteiger charge is -2.10. The van der Waals surface area contributed by atoms with Crippen LogP contribution in [0.4, 0.5) is 29.7 Å². The van der Waals surface area contributed by atoms with Crippen LogP contribution in [-0.2, 0) is 17.5 Å². The number of carbonyl (C=O) groups excluding carboxylic acids is 1. The highest BCUT2D eigenvalue weighted by atomic mass is 19.4. The second-order valence-electron chi connectivity index (χ2n) is 6.12. The van der Waals surface area contributed by atoms with Gasteiger partial charge < -0.3 is 10.1 Å². The molecule has 3 aromatic rings. The van der Waals surface area contributed by atoms with Gasteiger partial charge in [0.05, 0.1) is 11.7 Å². The molecule has 0 aliphatic rings. The van der Waals surface area contributed by atoms with Crippen LogP contribution in [0, 0.1) is 0 Å². The SMILES string of the molecule is CC(C)OC(=O)Nc1nnc2c(NCc3ccc(C(F)(F)F)cc3)nccn12. The Labute approximate surface area is 157 Å². The normalized spacial score (nSPS) is 11.6. The molecule has 0 saturated heterocycles. The second-order valence-corrected chi connectivity index (χ2v) is 6.12. The van der Waals surface area contributed by atoms with Gasteiger partial charge in [0, 0.05) is 18.9 Å². The third-order valence-electron chi connectivity index (χ3n) is 3.62. The number of nitrogens with one attached hydrogen (secondary N) is 2. The summed E-state index contributed by atoms with van der Waals surface area (Å²) in [5.41, 5.74) is 0.266. The molecule has 148 valence electrons. The van der Waals surface area contributed by atoms with E-state index in [4.69, 9.17) is 4.74 Å². The van der Waals surface area contributed by atoms with E-state index in [9.17, 15) is 18.0 Å². The standard InChI is InChI=1S/C17H17F3N6O2/c1-10(2)28-16(27)23-15-25-24-14-13(21-7-8-26(14)15)22-9-11-3-5-12(6-4-11)17(18,19)20/h3-8,10H,9H2,1-2H3,(H,21,22)(H,23,25,27). The minimum absolute atomic E-state index is 0.153. The van der Waals surface area contributed by atoms with Crippen molar-refractivity contribution >= 4 is 23.5 Å². The second kappa shape index (κ2) is 7.71. The Balaban J connectivity index is 1.73. The van der Waals surface area contributed by atoms with Gasteiger partial charge in [-0.3, -0.25) is 9.72 Å². The van der Waals surface area contributed by atoms with E-state index in [-0.39, 0.29) is 18.6 Å². The average Bonchev–Trinajstić information content (AvgIpc) is 3.02. The summed E-state index contributed by atoms with van der Waals surface area (Å²) in [5, 5.41) is 13.4. The summed E-state index contributed by atoms with van der Waals surface area (Å²) in [4.78, 5) is 15.9. The number of hydrogen-bond donors (Lipinski definition) is 2. The molecule has 11 heteroatoms. The van der Waals surface area contributed by atoms with Crippen molar-refractivity contribution < 1.29 is 22.7 Å². The first kappa shape index (κ1) is 19.4. The number of nitrogens with zero attached hydrogens (tertiary/aromatic N) is 4. The molecule has 0 atom stereocenters. The summed E-state index contributed by atoms with van der Waals surface area (Å²) in [6, 6.07) is 4.80. The largest absolute Gasteiger partial charge is 0.447 e. The van der Waals surface area contributed by atoms with Crippen LogP contribution < -0.4 is 10.6 Å². The van der Waals surface area contributed by atoms with Crippen molar-refractivity contribution in [2.45, 2.75) is 32.7 Å². The maximum absolute atomic E-state index is 12.6. The first-order chi connectivity index (χ1) is 13.2. The summed E-state index contributed by atoms with van der Waals surface area (Å²) < 4.78 is 44.4. The lowest BCUT2D eigenvalue weighted by Crippen LogP contribution is -2.19. The van der Waals surface area contributed by atoms with Crippen LogP contribution >= 0.6 is 0 Å². The third-order valence-corrected chi connectivity index (χ3v) is 3.62. The van der Waals surface area contributed by atoms with Gasteiger partial charge in [-0.05, 0) is 31.5 Å². The van der Waals surface area contributed by atoms with E-state index in [0.29, 0.717) is 17.0 Å². The predicted octanol–water partition coefficient (Wildman–Crippen LogP) is 3.71. The van der Waals surface area contributed by atoms with Crippen LogP contribution in [0.2, 0.25) is 0 Å². The fourth-order valence-electron chi connectivity index (χ4n) is 2.37. The fraction of sp³-hybridized carbons (Fsp3) is 0.294. The van der Waals surface area contributed by atoms with Crippen molar-refractivity contribution in [3.8, 4) is 0 Å². The maximum Gasteiger partial charge on any atom is 0.416 e. The van der Waals surface area contributed by atoms with Gasteiger partial charge in [-0.1, -0.05) is 12.1 Å². The summed E-state index contributed by atoms with van der Waals surface area (Å²) >= 11 is 0. The van der Waals surface area contributed by atoms with Crippen LogP contribution in [-0.4, -0.2) is 31.8 Å². The first-order valence-electron chi connectivity index (χ1n) is 8.31. The molecule has 0 bridgehead atoms. The number of hydrogen-bond acceptors (Lipinski definition) is 6. The molecule has 3 rings (SSSR count). The number of anilines is 2. The van der Waals surface area contributed by atoms with Gasteiger partial charge in [-0.15, -0.1) is 10.2 Å². The van der Waals surface area contributed by atoms with Crippen molar-refractivity contribution in [3.05, 3.63) is 47.8 Å². The van der Waals surface area contributed by atoms with Crippen molar-refractivity contribution in [3.63, 3.8) is 0 Å². The highest BCUT2D eigenvalue weighted by molar-refractivity contribution is 5.83. The molecule has 1 amide bonds. The Morgan fingerprint density at radius 3 is 2.57 bits per heavy atom. The zero-order valence-electron chi connectivity index (χ0n) is 15.0. The van der Waals surface area contributed by atoms with E-state index in [1.807, 2.05) is 0 Å². The molecule has 28 heavy (non-hydrogen) atoms. The molecule has 0 radical (unpaired) electrons. The molecule has 0 aliphatic carbocycles. The van der Waals surface area contributed by atoms with E-state index in [2.05, 4.69) is 25.8 Å². The van der Waals surface area contributed by atoms with Crippen LogP contribution in [0.5, 0.6) is 0 Å². The highest BCUT2D eigenvalue weighted by Crippen LogP contribution is 2.29. The number of ether oxygens (including phenoxy) is 1. The van der Waals surface area contributed by atoms with Crippen molar-refractivity contribution in [2.75, 3.05) is 10.6 Å². The Morgan fingerprint density at radius 2 is 1.93 bits per heavy atom. The van der Waals surface area contributed by atoms with E-state index in [0.717, 1.165) is 12.1 Å². The monoisotopic (exact) mass is 394 g/mol. The number of halogens is 3. The van der Waals surface area contributed by atoms with Gasteiger partial charge in [0.2, 0.25) is 11.6 Å². The summed E-state index contributed by atoms with van der Waals surface area (Å²) in [6.07, 6.45) is -2.29. The quantitative estimate of drug-likeness (QED) is 0.685. The molecule has 0 saturated carbocycles. The Bertz CT molecular complexity index is 969. The summed E-state index contributed by atoms with van der Waals surface area (Å²) in [7, 11) is 0. The smallest absolute Gasteiger partial charge is 0.416 e. The molecular weight excluding hydrogens is 377 g/mol. The summed E-state index contributed by atoms with van der Waals surface area (Å²) in [5.74, 6) is 0.515. The van der Waals surface area contributed by atoms with E-state index in [1.165, 1.54) is 22.7 Å². The molecule has 0 fully saturated rings. The Hall–Kier alpha value is -3.37. The van der Waals surface area contributed by atoms with E-state index in [1.54, 1.807) is 20.0 Å². The minimum atomic E-state index is -4.37. The van der Waals surface area contributed by atoms with Gasteiger partial charge in [0.15, 0.2) is 5.82 Å². The first-order valence-corrected chi connectivity index (χ1v) is 8.31. The van der Waals surface area contributed by atoms with Crippen molar-refractivity contribution in [2.24, 2.45) is 0 Å². The van der Waals surface area contributed by atoms with E-state index >= 15 is 0 Å². The zero-order valence-corrected chi connectivity index (χ0v) is 15.0. The van der Waals surface area contributed by atoms with Crippen molar-refractivity contribution in [1.29, 1.82) is 0 Å². The van der Waals surface area contributed by atoms with Gasteiger partial charge in [-0.25, -0.2) is 9.78 Å². The van der Waals surface area contributed by atoms with Gasteiger partial charge in [-0.2, -0.15) is 13.2 Å². The molecule has 2 aromatic heterocycles. The molecule has 1 aromatic carbocycles. The number of alkyl halides is 3. The van der Waals surface area contributed by atoms with Gasteiger partial charge in [0.25, 0.3) is 0 Å². The van der Waals surface area contributed by atoms with Gasteiger partial charge in [0.1, 0.15) is 0 Å². The Kier molecular flexibility index (Phi) is 5.34. The maximum atomic E-state index is 12.6. The van der Waals surface area contributed by atoms with Crippen LogP contribution in [0.15, 0.2) is 36.7 Å². The van der Waals surface area contributed by atoms with Crippen LogP contribution in [0.1, 0.15) is 25.0 Å². The highest BCUT2D eigenvalue weighted by Gasteiger charge is 2.29. The average molecular weight is 394 g/mol. The molecule has 0 spiro atoms. The predicted molar refractivity (Wildman–Crippen MR) is 94.8 cm³/mol. The molecule has 0 aliphatic heterocycles. The van der Waals surface area contributed by atoms with Gasteiger partial charge >= 0.3 is 12.3 Å². The zero-order chi connectivity index (χ0) is 20.3. The van der Waals surface area contributed by atoms with E-state index < -0.39 is 17.8 Å². The minimum Gasteiger partial charge on any atom is -0.447 e. The molecule has 2 heterocycles. The topological polar surface area (TPSA) is 93.4 Å². The number of aromatic nitrogens is 4. The number of benzene rings is 1. The fourth-order valence-corrected chi connectivity index (χ4v) is 2.37. The molecular formula is C17H17F3N6O2. The number of rotatable bonds is 5. The van der Waals surface area contributed by atoms with Crippen LogP contribution in [0.25, 0.3) is 5.65 Å². The lowest BCUT2D eigenvalue weighted by atomic mass is 10.1. The summed E-state index contributed by atoms with van der Waals surface area (Å²) in [6.45, 7) is 3.67. The molecule has 2 N–H and O–H groups in total. The molecule has 8 nitrogen and oxygen atoms in total. The number of amides is 1. The van der Waals surface area contributed by atoms with Crippen molar-refractivity contribution in [1.82, 2.24) is 19.6 Å². The third kappa shape index (κ3) is 4.48. The molecule has 0 unspecified atom stereocenters.